The van der Waals surface area contributed by atoms with Crippen LogP contribution in [0.2, 0.25) is 0 Å². The topological polar surface area (TPSA) is 89.5 Å². The number of carbonyl (C=O) groups excluding carboxylic acids is 2. The lowest BCUT2D eigenvalue weighted by Gasteiger charge is -2.14. The number of pyridine rings is 1. The summed E-state index contributed by atoms with van der Waals surface area (Å²) in [6.07, 6.45) is 6.70. The first-order valence-corrected chi connectivity index (χ1v) is 10.0. The number of hydrogen-bond acceptors (Lipinski definition) is 5. The lowest BCUT2D eigenvalue weighted by Crippen LogP contribution is -2.44. The van der Waals surface area contributed by atoms with E-state index in [9.17, 15) is 9.59 Å². The number of amides is 2. The smallest absolute Gasteiger partial charge is 0.244 e. The van der Waals surface area contributed by atoms with E-state index in [1.54, 1.807) is 32.4 Å². The maximum Gasteiger partial charge on any atom is 0.244 e. The monoisotopic (exact) mass is 411 g/mol. The van der Waals surface area contributed by atoms with Crippen molar-refractivity contribution in [2.75, 3.05) is 13.7 Å². The van der Waals surface area contributed by atoms with E-state index in [1.807, 2.05) is 30.3 Å². The first-order valence-electron chi connectivity index (χ1n) is 10.0. The van der Waals surface area contributed by atoms with Crippen LogP contribution >= 0.6 is 0 Å². The second-order valence-electron chi connectivity index (χ2n) is 6.72. The van der Waals surface area contributed by atoms with Gasteiger partial charge in [-0.3, -0.25) is 9.59 Å². The molecular weight excluding hydrogens is 382 g/mol. The Morgan fingerprint density at radius 3 is 2.67 bits per heavy atom. The molecule has 0 aliphatic carbocycles. The molecule has 0 radical (unpaired) electrons. The molecule has 30 heavy (non-hydrogen) atoms. The van der Waals surface area contributed by atoms with Crippen LogP contribution in [0.15, 0.2) is 48.7 Å². The Hall–Kier alpha value is -3.35. The maximum atomic E-state index is 12.3. The Labute approximate surface area is 177 Å². The number of hydrogen-bond donors (Lipinski definition) is 2. The summed E-state index contributed by atoms with van der Waals surface area (Å²) in [5.74, 6) is 0.628. The van der Waals surface area contributed by atoms with E-state index in [1.165, 1.54) is 6.08 Å². The van der Waals surface area contributed by atoms with Crippen molar-refractivity contribution in [3.8, 4) is 11.6 Å². The van der Waals surface area contributed by atoms with Crippen LogP contribution in [-0.2, 0) is 16.1 Å². The summed E-state index contributed by atoms with van der Waals surface area (Å²) in [7, 11) is 1.60. The number of methoxy groups -OCH3 is 1. The van der Waals surface area contributed by atoms with Crippen LogP contribution in [-0.4, -0.2) is 36.6 Å². The van der Waals surface area contributed by atoms with E-state index in [0.29, 0.717) is 12.5 Å². The first kappa shape index (κ1) is 22.9. The summed E-state index contributed by atoms with van der Waals surface area (Å²) >= 11 is 0. The Kier molecular flexibility index (Phi) is 9.37. The van der Waals surface area contributed by atoms with Crippen molar-refractivity contribution in [2.45, 2.75) is 39.3 Å². The molecule has 1 aromatic carbocycles. The molecule has 0 saturated heterocycles. The predicted octanol–water partition coefficient (Wildman–Crippen LogP) is 3.10. The van der Waals surface area contributed by atoms with Crippen molar-refractivity contribution < 1.29 is 19.1 Å². The highest BCUT2D eigenvalue weighted by Crippen LogP contribution is 2.14. The molecule has 1 heterocycles. The molecule has 7 heteroatoms. The van der Waals surface area contributed by atoms with Gasteiger partial charge in [0.15, 0.2) is 0 Å². The molecule has 160 valence electrons. The summed E-state index contributed by atoms with van der Waals surface area (Å²) in [5, 5.41) is 5.47. The number of nitrogens with one attached hydrogen (secondary N) is 2. The van der Waals surface area contributed by atoms with Gasteiger partial charge >= 0.3 is 0 Å². The van der Waals surface area contributed by atoms with Crippen LogP contribution in [0.5, 0.6) is 11.6 Å². The molecule has 0 bridgehead atoms. The first-order chi connectivity index (χ1) is 14.5. The molecule has 0 spiro atoms. The summed E-state index contributed by atoms with van der Waals surface area (Å²) in [6, 6.07) is 10.3. The second kappa shape index (κ2) is 12.3. The third-order valence-corrected chi connectivity index (χ3v) is 4.33. The molecule has 7 nitrogen and oxygen atoms in total. The number of carbonyl (C=O) groups is 2. The molecule has 0 fully saturated rings. The summed E-state index contributed by atoms with van der Waals surface area (Å²) in [4.78, 5) is 28.7. The van der Waals surface area contributed by atoms with Crippen molar-refractivity contribution in [2.24, 2.45) is 0 Å². The van der Waals surface area contributed by atoms with Gasteiger partial charge in [0.1, 0.15) is 11.8 Å². The van der Waals surface area contributed by atoms with E-state index < -0.39 is 6.04 Å². The minimum atomic E-state index is -0.681. The Bertz CT molecular complexity index is 850. The molecule has 2 rings (SSSR count). The number of benzene rings is 1. The van der Waals surface area contributed by atoms with Gasteiger partial charge in [-0.05, 0) is 43.2 Å². The van der Waals surface area contributed by atoms with Crippen molar-refractivity contribution in [3.05, 3.63) is 59.8 Å². The van der Waals surface area contributed by atoms with Crippen LogP contribution in [0.25, 0.3) is 6.08 Å². The molecule has 2 amide bonds. The fourth-order valence-electron chi connectivity index (χ4n) is 2.55. The molecule has 0 aliphatic heterocycles. The minimum absolute atomic E-state index is 0.274. The molecule has 2 aromatic rings. The van der Waals surface area contributed by atoms with Crippen molar-refractivity contribution in [1.82, 2.24) is 15.6 Å². The quantitative estimate of drug-likeness (QED) is 0.438. The van der Waals surface area contributed by atoms with Gasteiger partial charge in [0.2, 0.25) is 17.7 Å². The number of aromatic nitrogens is 1. The lowest BCUT2D eigenvalue weighted by molar-refractivity contribution is -0.126. The number of rotatable bonds is 11. The van der Waals surface area contributed by atoms with E-state index in [2.05, 4.69) is 22.5 Å². The summed E-state index contributed by atoms with van der Waals surface area (Å²) in [6.45, 7) is 4.58. The van der Waals surface area contributed by atoms with Gasteiger partial charge in [0.05, 0.1) is 13.7 Å². The fourth-order valence-corrected chi connectivity index (χ4v) is 2.55. The van der Waals surface area contributed by atoms with E-state index in [4.69, 9.17) is 9.47 Å². The summed E-state index contributed by atoms with van der Waals surface area (Å²) < 4.78 is 10.8. The van der Waals surface area contributed by atoms with E-state index >= 15 is 0 Å². The van der Waals surface area contributed by atoms with Gasteiger partial charge in [-0.25, -0.2) is 4.98 Å². The van der Waals surface area contributed by atoms with Gasteiger partial charge < -0.3 is 20.1 Å². The minimum Gasteiger partial charge on any atom is -0.497 e. The van der Waals surface area contributed by atoms with Crippen molar-refractivity contribution in [3.63, 3.8) is 0 Å². The molecule has 2 N–H and O–H groups in total. The van der Waals surface area contributed by atoms with Crippen molar-refractivity contribution in [1.29, 1.82) is 0 Å². The van der Waals surface area contributed by atoms with Gasteiger partial charge in [0.25, 0.3) is 0 Å². The Morgan fingerprint density at radius 2 is 1.97 bits per heavy atom. The zero-order valence-electron chi connectivity index (χ0n) is 17.7. The normalized spacial score (nSPS) is 11.7. The largest absolute Gasteiger partial charge is 0.497 e. The van der Waals surface area contributed by atoms with Crippen LogP contribution in [0.3, 0.4) is 0 Å². The van der Waals surface area contributed by atoms with Crippen LogP contribution in [0, 0.1) is 0 Å². The molecular formula is C23H29N3O4. The van der Waals surface area contributed by atoms with Gasteiger partial charge in [-0.1, -0.05) is 31.5 Å². The van der Waals surface area contributed by atoms with Gasteiger partial charge in [-0.15, -0.1) is 0 Å². The Morgan fingerprint density at radius 1 is 1.20 bits per heavy atom. The predicted molar refractivity (Wildman–Crippen MR) is 116 cm³/mol. The summed E-state index contributed by atoms with van der Waals surface area (Å²) in [5.41, 5.74) is 1.65. The average molecular weight is 412 g/mol. The number of nitrogens with zero attached hydrogens (tertiary/aromatic N) is 1. The zero-order chi connectivity index (χ0) is 21.8. The van der Waals surface area contributed by atoms with E-state index in [-0.39, 0.29) is 18.4 Å². The molecule has 1 atom stereocenters. The number of ether oxygens (including phenoxy) is 2. The van der Waals surface area contributed by atoms with Gasteiger partial charge in [0, 0.05) is 24.4 Å². The van der Waals surface area contributed by atoms with Crippen LogP contribution in [0.1, 0.15) is 37.8 Å². The van der Waals surface area contributed by atoms with Crippen LogP contribution in [0.4, 0.5) is 0 Å². The average Bonchev–Trinajstić information content (AvgIpc) is 2.77. The number of unbranched alkanes of at least 4 members (excludes halogenated alkanes) is 1. The highest BCUT2D eigenvalue weighted by atomic mass is 16.5. The third kappa shape index (κ3) is 7.58. The maximum absolute atomic E-state index is 12.3. The second-order valence-corrected chi connectivity index (χ2v) is 6.72. The molecule has 0 aliphatic rings. The molecule has 1 unspecified atom stereocenters. The Balaban J connectivity index is 1.82. The molecule has 0 saturated carbocycles. The SMILES string of the molecule is CCCCOc1ncccc1CNC(=O)C(C)NC(=O)/C=C/c1ccc(OC)cc1. The highest BCUT2D eigenvalue weighted by molar-refractivity contribution is 5.95. The van der Waals surface area contributed by atoms with Gasteiger partial charge in [-0.2, -0.15) is 0 Å². The molecule has 1 aromatic heterocycles. The van der Waals surface area contributed by atoms with Crippen LogP contribution < -0.4 is 20.1 Å². The third-order valence-electron chi connectivity index (χ3n) is 4.33. The fraction of sp³-hybridized carbons (Fsp3) is 0.348. The standard InChI is InChI=1S/C23H29N3O4/c1-4-5-15-30-23-19(7-6-14-24-23)16-25-22(28)17(2)26-21(27)13-10-18-8-11-20(29-3)12-9-18/h6-14,17H,4-5,15-16H2,1-3H3,(H,25,28)(H,26,27)/b13-10+. The van der Waals surface area contributed by atoms with Crippen molar-refractivity contribution >= 4 is 17.9 Å². The lowest BCUT2D eigenvalue weighted by atomic mass is 10.2. The van der Waals surface area contributed by atoms with E-state index in [0.717, 1.165) is 29.7 Å². The highest BCUT2D eigenvalue weighted by Gasteiger charge is 2.15. The zero-order valence-corrected chi connectivity index (χ0v) is 17.7.